The van der Waals surface area contributed by atoms with Crippen molar-refractivity contribution in [2.45, 2.75) is 38.6 Å². The number of hydrogen-bond donors (Lipinski definition) is 0. The third kappa shape index (κ3) is 2.68. The number of aromatic nitrogens is 1. The van der Waals surface area contributed by atoms with Gasteiger partial charge in [-0.1, -0.05) is 31.4 Å². The fourth-order valence-corrected chi connectivity index (χ4v) is 2.75. The van der Waals surface area contributed by atoms with Crippen molar-refractivity contribution in [2.75, 3.05) is 13.1 Å². The van der Waals surface area contributed by atoms with E-state index in [9.17, 15) is 0 Å². The van der Waals surface area contributed by atoms with Crippen LogP contribution in [0.5, 0.6) is 0 Å². The summed E-state index contributed by atoms with van der Waals surface area (Å²) in [5.74, 6) is 3.20. The smallest absolute Gasteiger partial charge is 0.133 e. The predicted molar refractivity (Wildman–Crippen MR) is 75.7 cm³/mol. The lowest BCUT2D eigenvalue weighted by molar-refractivity contribution is 0.289. The van der Waals surface area contributed by atoms with Crippen molar-refractivity contribution >= 4 is 11.6 Å². The first-order chi connectivity index (χ1) is 8.63. The molecule has 2 nitrogen and oxygen atoms in total. The molecule has 1 aromatic heterocycles. The van der Waals surface area contributed by atoms with E-state index in [4.69, 9.17) is 18.0 Å². The average Bonchev–Trinajstić information content (AvgIpc) is 2.78. The van der Waals surface area contributed by atoms with Crippen molar-refractivity contribution in [3.05, 3.63) is 28.5 Å². The molecule has 0 saturated carbocycles. The van der Waals surface area contributed by atoms with Crippen molar-refractivity contribution in [2.24, 2.45) is 0 Å². The lowest BCUT2D eigenvalue weighted by atomic mass is 9.99. The van der Waals surface area contributed by atoms with Crippen molar-refractivity contribution in [1.29, 1.82) is 0 Å². The number of likely N-dealkylation sites (tertiary alicyclic amines) is 1. The summed E-state index contributed by atoms with van der Waals surface area (Å²) < 4.78 is 0. The normalized spacial score (nSPS) is 20.3. The van der Waals surface area contributed by atoms with Crippen LogP contribution in [-0.2, 0) is 0 Å². The maximum Gasteiger partial charge on any atom is 0.133 e. The molecule has 1 fully saturated rings. The minimum Gasteiger partial charge on any atom is -0.285 e. The Bertz CT molecular complexity index is 462. The van der Waals surface area contributed by atoms with Crippen LogP contribution in [0, 0.1) is 12.3 Å². The van der Waals surface area contributed by atoms with Gasteiger partial charge in [0.15, 0.2) is 0 Å². The molecule has 0 unspecified atom stereocenters. The molecule has 0 aliphatic carbocycles. The van der Waals surface area contributed by atoms with Gasteiger partial charge in [0.25, 0.3) is 0 Å². The van der Waals surface area contributed by atoms with Crippen molar-refractivity contribution in [1.82, 2.24) is 9.88 Å². The second-order valence-electron chi connectivity index (χ2n) is 5.14. The van der Waals surface area contributed by atoms with Gasteiger partial charge in [0.05, 0.1) is 6.54 Å². The molecule has 2 heterocycles. The van der Waals surface area contributed by atoms with E-state index in [-0.39, 0.29) is 0 Å². The summed E-state index contributed by atoms with van der Waals surface area (Å²) in [5.41, 5.74) is 2.37. The van der Waals surface area contributed by atoms with E-state index >= 15 is 0 Å². The van der Waals surface area contributed by atoms with Crippen LogP contribution < -0.4 is 0 Å². The van der Waals surface area contributed by atoms with E-state index in [2.05, 4.69) is 35.7 Å². The second-order valence-corrected chi connectivity index (χ2v) is 5.49. The molecule has 0 radical (unpaired) electrons. The highest BCUT2D eigenvalue weighted by Gasteiger charge is 2.27. The number of halogens is 1. The first kappa shape index (κ1) is 13.4. The van der Waals surface area contributed by atoms with Crippen molar-refractivity contribution in [3.8, 4) is 12.3 Å². The SMILES string of the molecule is C#CCN1CCC[C@@H]1c1cc(C(C)C)cnc1Cl. The van der Waals surface area contributed by atoms with Crippen LogP contribution in [0.15, 0.2) is 12.3 Å². The quantitative estimate of drug-likeness (QED) is 0.611. The van der Waals surface area contributed by atoms with E-state index in [0.717, 1.165) is 18.5 Å². The van der Waals surface area contributed by atoms with Crippen LogP contribution in [-0.4, -0.2) is 23.0 Å². The van der Waals surface area contributed by atoms with Crippen LogP contribution >= 0.6 is 11.6 Å². The van der Waals surface area contributed by atoms with Crippen molar-refractivity contribution < 1.29 is 0 Å². The zero-order valence-corrected chi connectivity index (χ0v) is 11.7. The first-order valence-corrected chi connectivity index (χ1v) is 6.84. The molecule has 18 heavy (non-hydrogen) atoms. The molecule has 96 valence electrons. The molecule has 2 rings (SSSR count). The summed E-state index contributed by atoms with van der Waals surface area (Å²) in [7, 11) is 0. The summed E-state index contributed by atoms with van der Waals surface area (Å²) in [6, 6.07) is 2.53. The summed E-state index contributed by atoms with van der Waals surface area (Å²) in [5, 5.41) is 0.619. The predicted octanol–water partition coefficient (Wildman–Crippen LogP) is 3.63. The minimum atomic E-state index is 0.333. The fraction of sp³-hybridized carbons (Fsp3) is 0.533. The Morgan fingerprint density at radius 1 is 1.61 bits per heavy atom. The number of terminal acetylenes is 1. The molecule has 3 heteroatoms. The molecule has 0 N–H and O–H groups in total. The van der Waals surface area contributed by atoms with Gasteiger partial charge in [0.2, 0.25) is 0 Å². The number of pyridine rings is 1. The number of nitrogens with zero attached hydrogens (tertiary/aromatic N) is 2. The summed E-state index contributed by atoms with van der Waals surface area (Å²) >= 11 is 6.26. The second kappa shape index (κ2) is 5.73. The molecule has 0 amide bonds. The zero-order chi connectivity index (χ0) is 13.1. The van der Waals surface area contributed by atoms with E-state index in [1.54, 1.807) is 0 Å². The van der Waals surface area contributed by atoms with Gasteiger partial charge in [-0.2, -0.15) is 0 Å². The van der Waals surface area contributed by atoms with Crippen LogP contribution in [0.1, 0.15) is 49.8 Å². The molecule has 1 aliphatic rings. The van der Waals surface area contributed by atoms with E-state index in [1.807, 2.05) is 6.20 Å². The van der Waals surface area contributed by atoms with Gasteiger partial charge < -0.3 is 0 Å². The van der Waals surface area contributed by atoms with Gasteiger partial charge in [-0.3, -0.25) is 4.90 Å². The van der Waals surface area contributed by atoms with Crippen LogP contribution in [0.2, 0.25) is 5.15 Å². The maximum absolute atomic E-state index is 6.26. The number of hydrogen-bond acceptors (Lipinski definition) is 2. The van der Waals surface area contributed by atoms with E-state index < -0.39 is 0 Å². The summed E-state index contributed by atoms with van der Waals surface area (Å²) in [4.78, 5) is 6.64. The third-order valence-electron chi connectivity index (χ3n) is 3.57. The Morgan fingerprint density at radius 3 is 3.06 bits per heavy atom. The minimum absolute atomic E-state index is 0.333. The van der Waals surface area contributed by atoms with Gasteiger partial charge in [-0.15, -0.1) is 6.42 Å². The van der Waals surface area contributed by atoms with Gasteiger partial charge in [0.1, 0.15) is 5.15 Å². The first-order valence-electron chi connectivity index (χ1n) is 6.46. The lowest BCUT2D eigenvalue weighted by Gasteiger charge is -2.23. The molecular weight excluding hydrogens is 244 g/mol. The van der Waals surface area contributed by atoms with E-state index in [1.165, 1.54) is 12.0 Å². The molecular formula is C15H19ClN2. The molecule has 0 bridgehead atoms. The molecule has 1 saturated heterocycles. The summed E-state index contributed by atoms with van der Waals surface area (Å²) in [6.07, 6.45) is 9.59. The van der Waals surface area contributed by atoms with Crippen molar-refractivity contribution in [3.63, 3.8) is 0 Å². The average molecular weight is 263 g/mol. The summed E-state index contributed by atoms with van der Waals surface area (Å²) in [6.45, 7) is 6.08. The molecule has 0 spiro atoms. The largest absolute Gasteiger partial charge is 0.285 e. The van der Waals surface area contributed by atoms with Crippen LogP contribution in [0.3, 0.4) is 0 Å². The Balaban J connectivity index is 2.32. The highest BCUT2D eigenvalue weighted by molar-refractivity contribution is 6.30. The zero-order valence-electron chi connectivity index (χ0n) is 11.0. The fourth-order valence-electron chi connectivity index (χ4n) is 2.52. The standard InChI is InChI=1S/C15H19ClN2/c1-4-7-18-8-5-6-14(18)13-9-12(11(2)3)10-17-15(13)16/h1,9-11,14H,5-8H2,2-3H3/t14-/m1/s1. The Kier molecular flexibility index (Phi) is 4.27. The van der Waals surface area contributed by atoms with E-state index in [0.29, 0.717) is 23.7 Å². The molecule has 1 aliphatic heterocycles. The highest BCUT2D eigenvalue weighted by atomic mass is 35.5. The van der Waals surface area contributed by atoms with Crippen LogP contribution in [0.4, 0.5) is 0 Å². The maximum atomic E-state index is 6.26. The Labute approximate surface area is 114 Å². The third-order valence-corrected chi connectivity index (χ3v) is 3.89. The van der Waals surface area contributed by atoms with Gasteiger partial charge >= 0.3 is 0 Å². The topological polar surface area (TPSA) is 16.1 Å². The highest BCUT2D eigenvalue weighted by Crippen LogP contribution is 2.35. The van der Waals surface area contributed by atoms with Gasteiger partial charge in [0, 0.05) is 17.8 Å². The Morgan fingerprint density at radius 2 is 2.39 bits per heavy atom. The monoisotopic (exact) mass is 262 g/mol. The number of rotatable bonds is 3. The van der Waals surface area contributed by atoms with Crippen LogP contribution in [0.25, 0.3) is 0 Å². The lowest BCUT2D eigenvalue weighted by Crippen LogP contribution is -2.24. The van der Waals surface area contributed by atoms with Gasteiger partial charge in [-0.05, 0) is 36.9 Å². The Hall–Kier alpha value is -1.04. The molecule has 1 atom stereocenters. The van der Waals surface area contributed by atoms with Gasteiger partial charge in [-0.25, -0.2) is 4.98 Å². The molecule has 0 aromatic carbocycles. The molecule has 1 aromatic rings.